The van der Waals surface area contributed by atoms with Crippen LogP contribution in [0.15, 0.2) is 12.7 Å². The lowest BCUT2D eigenvalue weighted by Gasteiger charge is -2.23. The zero-order valence-electron chi connectivity index (χ0n) is 10.9. The fraction of sp³-hybridized carbons (Fsp3) is 0.583. The molecule has 0 aromatic heterocycles. The van der Waals surface area contributed by atoms with Crippen molar-refractivity contribution in [2.75, 3.05) is 0 Å². The molecule has 0 bridgehead atoms. The lowest BCUT2D eigenvalue weighted by Crippen LogP contribution is -2.53. The van der Waals surface area contributed by atoms with Crippen LogP contribution in [-0.4, -0.2) is 35.0 Å². The zero-order chi connectivity index (χ0) is 14.3. The number of carbonyl (C=O) groups is 3. The summed E-state index contributed by atoms with van der Waals surface area (Å²) in [6, 6.07) is -1.76. The molecular formula is C12H20N2O4. The first-order chi connectivity index (χ1) is 8.29. The fourth-order valence-electron chi connectivity index (χ4n) is 1.40. The van der Waals surface area contributed by atoms with E-state index in [1.54, 1.807) is 13.8 Å². The Balaban J connectivity index is 4.71. The summed E-state index contributed by atoms with van der Waals surface area (Å²) in [4.78, 5) is 33.8. The molecule has 3 N–H and O–H groups in total. The van der Waals surface area contributed by atoms with Crippen molar-refractivity contribution >= 4 is 17.8 Å². The highest BCUT2D eigenvalue weighted by Gasteiger charge is 2.27. The predicted octanol–water partition coefficient (Wildman–Crippen LogP) is 0.293. The molecule has 102 valence electrons. The average Bonchev–Trinajstić information content (AvgIpc) is 2.24. The molecule has 0 fully saturated rings. The minimum absolute atomic E-state index is 0.131. The number of nitrogens with one attached hydrogen (secondary N) is 2. The second-order valence-electron chi connectivity index (χ2n) is 4.35. The quantitative estimate of drug-likeness (QED) is 0.571. The van der Waals surface area contributed by atoms with E-state index in [4.69, 9.17) is 5.11 Å². The van der Waals surface area contributed by atoms with Gasteiger partial charge < -0.3 is 15.7 Å². The predicted molar refractivity (Wildman–Crippen MR) is 66.8 cm³/mol. The van der Waals surface area contributed by atoms with Gasteiger partial charge in [0.25, 0.3) is 0 Å². The number of rotatable bonds is 7. The summed E-state index contributed by atoms with van der Waals surface area (Å²) in [6.07, 6.45) is 1.55. The third-order valence-corrected chi connectivity index (χ3v) is 2.32. The van der Waals surface area contributed by atoms with Crippen LogP contribution in [0, 0.1) is 5.92 Å². The highest BCUT2D eigenvalue weighted by atomic mass is 16.4. The minimum atomic E-state index is -1.13. The molecule has 2 amide bonds. The van der Waals surface area contributed by atoms with E-state index in [2.05, 4.69) is 17.2 Å². The van der Waals surface area contributed by atoms with Gasteiger partial charge in [0.05, 0.1) is 0 Å². The van der Waals surface area contributed by atoms with Gasteiger partial charge in [-0.15, -0.1) is 6.58 Å². The molecule has 6 heteroatoms. The molecule has 6 nitrogen and oxygen atoms in total. The summed E-state index contributed by atoms with van der Waals surface area (Å²) in [7, 11) is 0. The largest absolute Gasteiger partial charge is 0.480 e. The van der Waals surface area contributed by atoms with E-state index >= 15 is 0 Å². The normalized spacial score (nSPS) is 13.6. The van der Waals surface area contributed by atoms with E-state index < -0.39 is 24.0 Å². The van der Waals surface area contributed by atoms with E-state index in [1.807, 2.05) is 0 Å². The first-order valence-electron chi connectivity index (χ1n) is 5.70. The number of aliphatic carboxylic acids is 1. The third-order valence-electron chi connectivity index (χ3n) is 2.32. The molecule has 0 aliphatic carbocycles. The van der Waals surface area contributed by atoms with Crippen LogP contribution < -0.4 is 10.6 Å². The fourth-order valence-corrected chi connectivity index (χ4v) is 1.40. The monoisotopic (exact) mass is 256 g/mol. The maximum Gasteiger partial charge on any atom is 0.326 e. The van der Waals surface area contributed by atoms with Crippen molar-refractivity contribution in [3.05, 3.63) is 12.7 Å². The highest BCUT2D eigenvalue weighted by molar-refractivity contribution is 5.90. The van der Waals surface area contributed by atoms with E-state index in [0.29, 0.717) is 0 Å². The van der Waals surface area contributed by atoms with Gasteiger partial charge in [-0.05, 0) is 12.3 Å². The number of hydrogen-bond donors (Lipinski definition) is 3. The summed E-state index contributed by atoms with van der Waals surface area (Å²) in [5, 5.41) is 13.8. The molecule has 0 spiro atoms. The van der Waals surface area contributed by atoms with Crippen LogP contribution in [0.5, 0.6) is 0 Å². The lowest BCUT2D eigenvalue weighted by atomic mass is 10.0. The van der Waals surface area contributed by atoms with Crippen molar-refractivity contribution in [2.45, 2.75) is 39.3 Å². The van der Waals surface area contributed by atoms with Gasteiger partial charge in [0, 0.05) is 6.92 Å². The van der Waals surface area contributed by atoms with Gasteiger partial charge in [-0.2, -0.15) is 0 Å². The average molecular weight is 256 g/mol. The van der Waals surface area contributed by atoms with Gasteiger partial charge in [-0.1, -0.05) is 19.9 Å². The molecule has 18 heavy (non-hydrogen) atoms. The Labute approximate surface area is 106 Å². The van der Waals surface area contributed by atoms with Gasteiger partial charge in [0.2, 0.25) is 11.8 Å². The molecule has 0 radical (unpaired) electrons. The van der Waals surface area contributed by atoms with Crippen molar-refractivity contribution in [3.63, 3.8) is 0 Å². The second-order valence-corrected chi connectivity index (χ2v) is 4.35. The van der Waals surface area contributed by atoms with Crippen LogP contribution >= 0.6 is 0 Å². The molecule has 0 aliphatic rings. The molecule has 0 heterocycles. The van der Waals surface area contributed by atoms with Crippen molar-refractivity contribution in [3.8, 4) is 0 Å². The number of carbonyl (C=O) groups excluding carboxylic acids is 2. The molecule has 0 saturated carbocycles. The van der Waals surface area contributed by atoms with Gasteiger partial charge in [0.1, 0.15) is 12.1 Å². The van der Waals surface area contributed by atoms with Crippen molar-refractivity contribution in [2.24, 2.45) is 5.92 Å². The molecule has 0 aromatic carbocycles. The highest BCUT2D eigenvalue weighted by Crippen LogP contribution is 2.03. The smallest absolute Gasteiger partial charge is 0.326 e. The molecule has 0 aliphatic heterocycles. The topological polar surface area (TPSA) is 95.5 Å². The van der Waals surface area contributed by atoms with Crippen LogP contribution in [0.25, 0.3) is 0 Å². The second kappa shape index (κ2) is 7.47. The first-order valence-corrected chi connectivity index (χ1v) is 5.70. The van der Waals surface area contributed by atoms with E-state index in [9.17, 15) is 14.4 Å². The summed E-state index contributed by atoms with van der Waals surface area (Å²) >= 11 is 0. The molecule has 0 saturated heterocycles. The number of hydrogen-bond acceptors (Lipinski definition) is 3. The maximum atomic E-state index is 11.9. The minimum Gasteiger partial charge on any atom is -0.480 e. The van der Waals surface area contributed by atoms with Crippen LogP contribution in [0.3, 0.4) is 0 Å². The molecular weight excluding hydrogens is 236 g/mol. The Hall–Kier alpha value is -1.85. The van der Waals surface area contributed by atoms with Crippen LogP contribution in [0.4, 0.5) is 0 Å². The Bertz CT molecular complexity index is 339. The molecule has 0 rings (SSSR count). The first kappa shape index (κ1) is 16.1. The molecule has 0 unspecified atom stereocenters. The number of amides is 2. The van der Waals surface area contributed by atoms with Gasteiger partial charge in [-0.3, -0.25) is 9.59 Å². The summed E-state index contributed by atoms with van der Waals surface area (Å²) in [5.41, 5.74) is 0. The van der Waals surface area contributed by atoms with Gasteiger partial charge in [-0.25, -0.2) is 4.79 Å². The van der Waals surface area contributed by atoms with E-state index in [0.717, 1.165) is 0 Å². The lowest BCUT2D eigenvalue weighted by molar-refractivity contribution is -0.142. The van der Waals surface area contributed by atoms with E-state index in [1.165, 1.54) is 13.0 Å². The summed E-state index contributed by atoms with van der Waals surface area (Å²) in [5.74, 6) is -2.10. The van der Waals surface area contributed by atoms with Crippen LogP contribution in [0.1, 0.15) is 27.2 Å². The summed E-state index contributed by atoms with van der Waals surface area (Å²) in [6.45, 7) is 8.28. The van der Waals surface area contributed by atoms with E-state index in [-0.39, 0.29) is 18.2 Å². The van der Waals surface area contributed by atoms with Crippen molar-refractivity contribution in [1.82, 2.24) is 10.6 Å². The standard InChI is InChI=1S/C12H20N2O4/c1-5-6-9(12(17)18)14-11(16)10(7(2)3)13-8(4)15/h5,7,9-10H,1,6H2,2-4H3,(H,13,15)(H,14,16)(H,17,18)/t9-,10+/m0/s1. The Kier molecular flexibility index (Phi) is 6.70. The molecule has 2 atom stereocenters. The van der Waals surface area contributed by atoms with Crippen LogP contribution in [-0.2, 0) is 14.4 Å². The van der Waals surface area contributed by atoms with Crippen molar-refractivity contribution in [1.29, 1.82) is 0 Å². The third kappa shape index (κ3) is 5.47. The SMILES string of the molecule is C=CC[C@H](NC(=O)[C@H](NC(C)=O)C(C)C)C(=O)O. The Morgan fingerprint density at radius 2 is 1.83 bits per heavy atom. The Morgan fingerprint density at radius 3 is 2.17 bits per heavy atom. The maximum absolute atomic E-state index is 11.9. The summed E-state index contributed by atoms with van der Waals surface area (Å²) < 4.78 is 0. The van der Waals surface area contributed by atoms with Gasteiger partial charge >= 0.3 is 5.97 Å². The van der Waals surface area contributed by atoms with Crippen molar-refractivity contribution < 1.29 is 19.5 Å². The number of carboxylic acids is 1. The number of carboxylic acid groups (broad SMARTS) is 1. The van der Waals surface area contributed by atoms with Gasteiger partial charge in [0.15, 0.2) is 0 Å². The Morgan fingerprint density at radius 1 is 1.28 bits per heavy atom. The van der Waals surface area contributed by atoms with Crippen LogP contribution in [0.2, 0.25) is 0 Å². The molecule has 0 aromatic rings. The zero-order valence-corrected chi connectivity index (χ0v) is 10.9.